The number of nitrogens with one attached hydrogen (secondary N) is 1. The molecule has 9 heteroatoms. The molecule has 1 fully saturated rings. The summed E-state index contributed by atoms with van der Waals surface area (Å²) in [6.07, 6.45) is 2.19. The number of para-hydroxylation sites is 1. The van der Waals surface area contributed by atoms with Gasteiger partial charge in [0.25, 0.3) is 0 Å². The number of nitro groups is 1. The summed E-state index contributed by atoms with van der Waals surface area (Å²) in [4.78, 5) is 24.3. The van der Waals surface area contributed by atoms with Crippen molar-refractivity contribution < 1.29 is 9.66 Å². The van der Waals surface area contributed by atoms with Crippen LogP contribution < -0.4 is 19.9 Å². The Labute approximate surface area is 186 Å². The SMILES string of the molecule is CCc1ccccc1Nc1ncnc(N2CCN(c3ccc(OC)cc3)CC2)c1[N+](=O)[O-]. The number of hydrogen-bond acceptors (Lipinski definition) is 8. The van der Waals surface area contributed by atoms with Gasteiger partial charge in [-0.3, -0.25) is 10.1 Å². The summed E-state index contributed by atoms with van der Waals surface area (Å²) in [5, 5.41) is 15.2. The van der Waals surface area contributed by atoms with Crippen molar-refractivity contribution in [3.63, 3.8) is 0 Å². The van der Waals surface area contributed by atoms with Crippen LogP contribution in [0.1, 0.15) is 12.5 Å². The van der Waals surface area contributed by atoms with Crippen molar-refractivity contribution in [1.29, 1.82) is 0 Å². The maximum absolute atomic E-state index is 12.0. The largest absolute Gasteiger partial charge is 0.497 e. The topological polar surface area (TPSA) is 96.7 Å². The highest BCUT2D eigenvalue weighted by Crippen LogP contribution is 2.35. The lowest BCUT2D eigenvalue weighted by Crippen LogP contribution is -2.47. The number of methoxy groups -OCH3 is 1. The maximum Gasteiger partial charge on any atom is 0.353 e. The summed E-state index contributed by atoms with van der Waals surface area (Å²) in [5.74, 6) is 1.36. The van der Waals surface area contributed by atoms with Crippen LogP contribution in [0.3, 0.4) is 0 Å². The molecular formula is C23H26N6O3. The van der Waals surface area contributed by atoms with Gasteiger partial charge < -0.3 is 19.9 Å². The van der Waals surface area contributed by atoms with Gasteiger partial charge in [-0.25, -0.2) is 9.97 Å². The van der Waals surface area contributed by atoms with Crippen LogP contribution in [-0.4, -0.2) is 48.2 Å². The summed E-state index contributed by atoms with van der Waals surface area (Å²) in [6.45, 7) is 4.75. The zero-order valence-corrected chi connectivity index (χ0v) is 18.2. The second kappa shape index (κ2) is 9.51. The van der Waals surface area contributed by atoms with Crippen molar-refractivity contribution in [1.82, 2.24) is 9.97 Å². The van der Waals surface area contributed by atoms with Gasteiger partial charge in [0.2, 0.25) is 11.6 Å². The minimum atomic E-state index is -0.401. The number of ether oxygens (including phenoxy) is 1. The highest BCUT2D eigenvalue weighted by atomic mass is 16.6. The van der Waals surface area contributed by atoms with Crippen LogP contribution in [0.5, 0.6) is 5.75 Å². The number of benzene rings is 2. The van der Waals surface area contributed by atoms with E-state index < -0.39 is 4.92 Å². The van der Waals surface area contributed by atoms with Crippen molar-refractivity contribution in [2.45, 2.75) is 13.3 Å². The Balaban J connectivity index is 1.55. The Hall–Kier alpha value is -3.88. The average Bonchev–Trinajstić information content (AvgIpc) is 2.84. The van der Waals surface area contributed by atoms with Gasteiger partial charge in [-0.2, -0.15) is 0 Å². The second-order valence-electron chi connectivity index (χ2n) is 7.46. The highest BCUT2D eigenvalue weighted by Gasteiger charge is 2.29. The fourth-order valence-corrected chi connectivity index (χ4v) is 3.91. The van der Waals surface area contributed by atoms with Gasteiger partial charge in [0.1, 0.15) is 12.1 Å². The van der Waals surface area contributed by atoms with E-state index in [0.717, 1.165) is 42.2 Å². The molecule has 0 radical (unpaired) electrons. The zero-order chi connectivity index (χ0) is 22.5. The van der Waals surface area contributed by atoms with Crippen LogP contribution in [0, 0.1) is 10.1 Å². The smallest absolute Gasteiger partial charge is 0.353 e. The normalized spacial score (nSPS) is 13.7. The molecule has 166 valence electrons. The molecule has 32 heavy (non-hydrogen) atoms. The summed E-state index contributed by atoms with van der Waals surface area (Å²) in [6, 6.07) is 15.7. The predicted octanol–water partition coefficient (Wildman–Crippen LogP) is 4.03. The first-order chi connectivity index (χ1) is 15.6. The summed E-state index contributed by atoms with van der Waals surface area (Å²) >= 11 is 0. The predicted molar refractivity (Wildman–Crippen MR) is 125 cm³/mol. The molecule has 0 unspecified atom stereocenters. The lowest BCUT2D eigenvalue weighted by Gasteiger charge is -2.36. The molecule has 0 bridgehead atoms. The first kappa shape index (κ1) is 21.4. The van der Waals surface area contributed by atoms with Gasteiger partial charge in [0.15, 0.2) is 0 Å². The molecule has 0 atom stereocenters. The van der Waals surface area contributed by atoms with Gasteiger partial charge in [-0.05, 0) is 42.3 Å². The first-order valence-electron chi connectivity index (χ1n) is 10.6. The molecule has 4 rings (SSSR count). The minimum Gasteiger partial charge on any atom is -0.497 e. The second-order valence-corrected chi connectivity index (χ2v) is 7.46. The van der Waals surface area contributed by atoms with Crippen molar-refractivity contribution >= 4 is 28.7 Å². The number of hydrogen-bond donors (Lipinski definition) is 1. The first-order valence-corrected chi connectivity index (χ1v) is 10.6. The zero-order valence-electron chi connectivity index (χ0n) is 18.2. The highest BCUT2D eigenvalue weighted by molar-refractivity contribution is 5.75. The molecule has 1 aliphatic rings. The Morgan fingerprint density at radius 1 is 1.03 bits per heavy atom. The monoisotopic (exact) mass is 434 g/mol. The fourth-order valence-electron chi connectivity index (χ4n) is 3.91. The van der Waals surface area contributed by atoms with Crippen LogP contribution in [0.25, 0.3) is 0 Å². The van der Waals surface area contributed by atoms with Crippen molar-refractivity contribution in [2.24, 2.45) is 0 Å². The molecule has 2 heterocycles. The van der Waals surface area contributed by atoms with E-state index in [4.69, 9.17) is 4.74 Å². The summed E-state index contributed by atoms with van der Waals surface area (Å²) in [7, 11) is 1.65. The molecule has 1 aromatic heterocycles. The van der Waals surface area contributed by atoms with E-state index >= 15 is 0 Å². The third-order valence-electron chi connectivity index (χ3n) is 5.65. The molecule has 1 aliphatic heterocycles. The Morgan fingerprint density at radius 3 is 2.38 bits per heavy atom. The number of anilines is 4. The average molecular weight is 435 g/mol. The van der Waals surface area contributed by atoms with E-state index in [2.05, 4.69) is 20.2 Å². The number of piperazine rings is 1. The molecule has 0 amide bonds. The lowest BCUT2D eigenvalue weighted by atomic mass is 10.1. The van der Waals surface area contributed by atoms with E-state index in [-0.39, 0.29) is 11.5 Å². The Kier molecular flexibility index (Phi) is 6.34. The molecular weight excluding hydrogens is 408 g/mol. The molecule has 0 spiro atoms. The van der Waals surface area contributed by atoms with E-state index in [9.17, 15) is 10.1 Å². The van der Waals surface area contributed by atoms with Crippen LogP contribution >= 0.6 is 0 Å². The molecule has 0 saturated carbocycles. The third kappa shape index (κ3) is 4.41. The van der Waals surface area contributed by atoms with Gasteiger partial charge >= 0.3 is 5.69 Å². The fraction of sp³-hybridized carbons (Fsp3) is 0.304. The van der Waals surface area contributed by atoms with E-state index in [1.807, 2.05) is 60.4 Å². The van der Waals surface area contributed by atoms with Gasteiger partial charge in [0.05, 0.1) is 12.0 Å². The van der Waals surface area contributed by atoms with Crippen LogP contribution in [0.4, 0.5) is 28.7 Å². The van der Waals surface area contributed by atoms with Crippen molar-refractivity contribution in [3.05, 3.63) is 70.5 Å². The molecule has 0 aliphatic carbocycles. The maximum atomic E-state index is 12.0. The van der Waals surface area contributed by atoms with Crippen LogP contribution in [0.2, 0.25) is 0 Å². The third-order valence-corrected chi connectivity index (χ3v) is 5.65. The number of aromatic nitrogens is 2. The van der Waals surface area contributed by atoms with E-state index in [1.165, 1.54) is 6.33 Å². The summed E-state index contributed by atoms with van der Waals surface area (Å²) in [5.41, 5.74) is 2.87. The number of aryl methyl sites for hydroxylation is 1. The van der Waals surface area contributed by atoms with Crippen molar-refractivity contribution in [3.8, 4) is 5.75 Å². The van der Waals surface area contributed by atoms with Crippen LogP contribution in [-0.2, 0) is 6.42 Å². The van der Waals surface area contributed by atoms with E-state index in [1.54, 1.807) is 7.11 Å². The minimum absolute atomic E-state index is 0.101. The molecule has 1 saturated heterocycles. The van der Waals surface area contributed by atoms with Gasteiger partial charge in [-0.1, -0.05) is 25.1 Å². The molecule has 1 N–H and O–H groups in total. The van der Waals surface area contributed by atoms with Gasteiger partial charge in [-0.15, -0.1) is 0 Å². The lowest BCUT2D eigenvalue weighted by molar-refractivity contribution is -0.383. The molecule has 3 aromatic rings. The quantitative estimate of drug-likeness (QED) is 0.440. The Morgan fingerprint density at radius 2 is 1.72 bits per heavy atom. The number of nitrogens with zero attached hydrogens (tertiary/aromatic N) is 5. The molecule has 2 aromatic carbocycles. The van der Waals surface area contributed by atoms with E-state index in [0.29, 0.717) is 18.9 Å². The number of rotatable bonds is 7. The van der Waals surface area contributed by atoms with Crippen LogP contribution in [0.15, 0.2) is 54.9 Å². The van der Waals surface area contributed by atoms with Gasteiger partial charge in [0, 0.05) is 37.6 Å². The molecule has 9 nitrogen and oxygen atoms in total. The summed E-state index contributed by atoms with van der Waals surface area (Å²) < 4.78 is 5.22. The Bertz CT molecular complexity index is 1080. The standard InChI is InChI=1S/C23H26N6O3/c1-3-17-6-4-5-7-20(17)26-22-21(29(30)31)23(25-16-24-22)28-14-12-27(13-15-28)18-8-10-19(32-2)11-9-18/h4-11,16H,3,12-15H2,1-2H3,(H,24,25,26). The van der Waals surface area contributed by atoms with Crippen molar-refractivity contribution in [2.75, 3.05) is 48.4 Å².